The van der Waals surface area contributed by atoms with Crippen molar-refractivity contribution < 1.29 is 18.0 Å². The van der Waals surface area contributed by atoms with Crippen LogP contribution in [0, 0.1) is 11.3 Å². The van der Waals surface area contributed by atoms with E-state index in [1.807, 2.05) is 25.1 Å². The summed E-state index contributed by atoms with van der Waals surface area (Å²) in [7, 11) is 0. The third kappa shape index (κ3) is 6.11. The molecule has 0 aliphatic carbocycles. The number of nitrogens with zero attached hydrogens (tertiary/aromatic N) is 4. The second-order valence-electron chi connectivity index (χ2n) is 7.50. The van der Waals surface area contributed by atoms with Gasteiger partial charge in [-0.15, -0.1) is 0 Å². The van der Waals surface area contributed by atoms with E-state index in [-0.39, 0.29) is 40.3 Å². The lowest BCUT2D eigenvalue weighted by atomic mass is 10.0. The van der Waals surface area contributed by atoms with Crippen molar-refractivity contribution in [1.29, 1.82) is 5.26 Å². The molecule has 0 radical (unpaired) electrons. The molecule has 3 rings (SSSR count). The van der Waals surface area contributed by atoms with Gasteiger partial charge in [0.05, 0.1) is 29.1 Å². The molecule has 0 aliphatic heterocycles. The second-order valence-corrected chi connectivity index (χ2v) is 7.50. The monoisotopic (exact) mass is 481 g/mol. The van der Waals surface area contributed by atoms with Gasteiger partial charge in [-0.3, -0.25) is 9.78 Å². The molecule has 0 saturated carbocycles. The van der Waals surface area contributed by atoms with Gasteiger partial charge in [0.15, 0.2) is 0 Å². The van der Waals surface area contributed by atoms with Gasteiger partial charge in [-0.2, -0.15) is 18.4 Å². The van der Waals surface area contributed by atoms with Crippen LogP contribution in [0.5, 0.6) is 0 Å². The zero-order valence-electron chi connectivity index (χ0n) is 18.9. The molecule has 8 nitrogen and oxygen atoms in total. The quantitative estimate of drug-likeness (QED) is 0.449. The van der Waals surface area contributed by atoms with Gasteiger partial charge >= 0.3 is 6.18 Å². The molecule has 180 valence electrons. The lowest BCUT2D eigenvalue weighted by Crippen LogP contribution is -2.12. The van der Waals surface area contributed by atoms with E-state index in [1.54, 1.807) is 19.1 Å². The topological polar surface area (TPSA) is 130 Å². The van der Waals surface area contributed by atoms with Crippen molar-refractivity contribution in [3.63, 3.8) is 0 Å². The van der Waals surface area contributed by atoms with Crippen molar-refractivity contribution in [3.8, 4) is 6.07 Å². The van der Waals surface area contributed by atoms with Gasteiger partial charge in [-0.25, -0.2) is 9.97 Å². The van der Waals surface area contributed by atoms with Gasteiger partial charge < -0.3 is 16.4 Å². The largest absolute Gasteiger partial charge is 0.417 e. The van der Waals surface area contributed by atoms with Crippen molar-refractivity contribution in [2.24, 2.45) is 5.73 Å². The van der Waals surface area contributed by atoms with E-state index in [4.69, 9.17) is 5.73 Å². The van der Waals surface area contributed by atoms with Crippen LogP contribution in [0.25, 0.3) is 5.57 Å². The van der Waals surface area contributed by atoms with E-state index >= 15 is 0 Å². The number of nitriles is 1. The van der Waals surface area contributed by atoms with Crippen LogP contribution in [0.15, 0.2) is 55.1 Å². The molecule has 0 fully saturated rings. The van der Waals surface area contributed by atoms with Gasteiger partial charge in [0.1, 0.15) is 6.07 Å². The molecule has 1 atom stereocenters. The van der Waals surface area contributed by atoms with Crippen LogP contribution >= 0.6 is 0 Å². The summed E-state index contributed by atoms with van der Waals surface area (Å²) in [5.74, 6) is 0.0521. The minimum Gasteiger partial charge on any atom is -0.404 e. The highest BCUT2D eigenvalue weighted by molar-refractivity contribution is 5.90. The number of hydrogen-bond acceptors (Lipinski definition) is 7. The van der Waals surface area contributed by atoms with E-state index in [0.29, 0.717) is 18.3 Å². The van der Waals surface area contributed by atoms with Crippen LogP contribution in [0.4, 0.5) is 24.8 Å². The predicted molar refractivity (Wildman–Crippen MR) is 125 cm³/mol. The lowest BCUT2D eigenvalue weighted by molar-refractivity contribution is -0.137. The first-order valence-electron chi connectivity index (χ1n) is 10.5. The summed E-state index contributed by atoms with van der Waals surface area (Å²) in [5, 5.41) is 15.4. The molecule has 0 unspecified atom stereocenters. The Morgan fingerprint density at radius 2 is 1.94 bits per heavy atom. The van der Waals surface area contributed by atoms with Gasteiger partial charge in [-0.1, -0.05) is 19.1 Å². The molecule has 11 heteroatoms. The first-order valence-corrected chi connectivity index (χ1v) is 10.5. The number of nitrogens with one attached hydrogen (secondary N) is 2. The zero-order chi connectivity index (χ0) is 25.6. The molecule has 3 aromatic rings. The zero-order valence-corrected chi connectivity index (χ0v) is 18.9. The van der Waals surface area contributed by atoms with Gasteiger partial charge in [-0.05, 0) is 30.7 Å². The number of nitrogens with two attached hydrogens (primary N) is 1. The van der Waals surface area contributed by atoms with Crippen LogP contribution in [0.3, 0.4) is 0 Å². The van der Waals surface area contributed by atoms with Gasteiger partial charge in [0, 0.05) is 41.8 Å². The SMILES string of the molecule is CCC(=O)Nc1ccc([C@@H](C)Nc2ncc(C#N)c(/C(=C/N)c3cncc(C(F)(F)F)c3)n2)cc1. The normalized spacial score (nSPS) is 12.5. The summed E-state index contributed by atoms with van der Waals surface area (Å²) in [5.41, 5.74) is 6.57. The number of amides is 1. The van der Waals surface area contributed by atoms with Crippen molar-refractivity contribution in [1.82, 2.24) is 15.0 Å². The summed E-state index contributed by atoms with van der Waals surface area (Å²) in [6.07, 6.45) is 0.0434. The van der Waals surface area contributed by atoms with E-state index in [9.17, 15) is 23.2 Å². The Balaban J connectivity index is 1.88. The van der Waals surface area contributed by atoms with Crippen LogP contribution in [0.1, 0.15) is 54.3 Å². The number of aromatic nitrogens is 3. The number of hydrogen-bond donors (Lipinski definition) is 3. The highest BCUT2D eigenvalue weighted by atomic mass is 19.4. The molecule has 0 aliphatic rings. The number of anilines is 2. The van der Waals surface area contributed by atoms with Crippen LogP contribution in [-0.2, 0) is 11.0 Å². The highest BCUT2D eigenvalue weighted by Gasteiger charge is 2.31. The van der Waals surface area contributed by atoms with E-state index in [2.05, 4.69) is 25.6 Å². The Kier molecular flexibility index (Phi) is 7.66. The summed E-state index contributed by atoms with van der Waals surface area (Å²) >= 11 is 0. The fourth-order valence-corrected chi connectivity index (χ4v) is 3.17. The van der Waals surface area contributed by atoms with Crippen molar-refractivity contribution >= 4 is 23.1 Å². The third-order valence-corrected chi connectivity index (χ3v) is 5.07. The number of pyridine rings is 1. The first-order chi connectivity index (χ1) is 16.7. The van der Waals surface area contributed by atoms with E-state index in [0.717, 1.165) is 17.8 Å². The molecule has 2 aromatic heterocycles. The molecule has 35 heavy (non-hydrogen) atoms. The number of carbonyl (C=O) groups excluding carboxylic acids is 1. The molecule has 1 aromatic carbocycles. The summed E-state index contributed by atoms with van der Waals surface area (Å²) in [6, 6.07) is 9.74. The van der Waals surface area contributed by atoms with Crippen molar-refractivity contribution in [2.75, 3.05) is 10.6 Å². The third-order valence-electron chi connectivity index (χ3n) is 5.07. The average Bonchev–Trinajstić information content (AvgIpc) is 2.84. The highest BCUT2D eigenvalue weighted by Crippen LogP contribution is 2.32. The minimum absolute atomic E-state index is 0.0355. The maximum atomic E-state index is 13.2. The number of halogens is 3. The molecule has 0 saturated heterocycles. The molecular weight excluding hydrogens is 459 g/mol. The smallest absolute Gasteiger partial charge is 0.404 e. The van der Waals surface area contributed by atoms with Crippen molar-refractivity contribution in [2.45, 2.75) is 32.5 Å². The van der Waals surface area contributed by atoms with Crippen LogP contribution < -0.4 is 16.4 Å². The second kappa shape index (κ2) is 10.6. The summed E-state index contributed by atoms with van der Waals surface area (Å²) < 4.78 is 39.5. The molecular formula is C24H22F3N7O. The van der Waals surface area contributed by atoms with Gasteiger partial charge in [0.25, 0.3) is 0 Å². The maximum Gasteiger partial charge on any atom is 0.417 e. The Labute approximate surface area is 199 Å². The fraction of sp³-hybridized carbons (Fsp3) is 0.208. The molecule has 4 N–H and O–H groups in total. The fourth-order valence-electron chi connectivity index (χ4n) is 3.17. The van der Waals surface area contributed by atoms with Crippen molar-refractivity contribution in [3.05, 3.63) is 83.1 Å². The standard InChI is InChI=1S/C24H22F3N7O/c1-3-21(35)33-19-6-4-15(5-7-19)14(2)32-23-31-12-17(9-28)22(34-23)20(10-29)16-8-18(13-30-11-16)24(25,26)27/h4-8,10-14H,3,29H2,1-2H3,(H,33,35)(H,31,32,34)/b20-10+/t14-/m1/s1. The number of benzene rings is 1. The maximum absolute atomic E-state index is 13.2. The number of rotatable bonds is 7. The Hall–Kier alpha value is -4.46. The van der Waals surface area contributed by atoms with E-state index < -0.39 is 11.7 Å². The minimum atomic E-state index is -4.59. The number of carbonyl (C=O) groups is 1. The first kappa shape index (κ1) is 25.2. The molecule has 0 spiro atoms. The molecule has 2 heterocycles. The Morgan fingerprint density at radius 1 is 1.23 bits per heavy atom. The number of alkyl halides is 3. The average molecular weight is 481 g/mol. The van der Waals surface area contributed by atoms with Crippen LogP contribution in [0.2, 0.25) is 0 Å². The predicted octanol–water partition coefficient (Wildman–Crippen LogP) is 4.63. The lowest BCUT2D eigenvalue weighted by Gasteiger charge is -2.17. The Morgan fingerprint density at radius 3 is 2.54 bits per heavy atom. The van der Waals surface area contributed by atoms with E-state index in [1.165, 1.54) is 12.4 Å². The van der Waals surface area contributed by atoms with Crippen LogP contribution in [-0.4, -0.2) is 20.9 Å². The summed E-state index contributed by atoms with van der Waals surface area (Å²) in [4.78, 5) is 23.7. The molecule has 1 amide bonds. The summed E-state index contributed by atoms with van der Waals surface area (Å²) in [6.45, 7) is 3.62. The Bertz CT molecular complexity index is 1280. The van der Waals surface area contributed by atoms with Gasteiger partial charge in [0.2, 0.25) is 11.9 Å². The molecule has 0 bridgehead atoms.